The van der Waals surface area contributed by atoms with Crippen molar-refractivity contribution in [3.63, 3.8) is 0 Å². The van der Waals surface area contributed by atoms with Gasteiger partial charge in [-0.25, -0.2) is 0 Å². The van der Waals surface area contributed by atoms with Crippen molar-refractivity contribution < 1.29 is 28.4 Å². The minimum absolute atomic E-state index is 0.0262. The van der Waals surface area contributed by atoms with Crippen LogP contribution in [0.15, 0.2) is 0 Å². The van der Waals surface area contributed by atoms with Gasteiger partial charge < -0.3 is 26.6 Å². The fraction of sp³-hybridized carbons (Fsp3) is 0.929. The van der Waals surface area contributed by atoms with E-state index < -0.39 is 34.8 Å². The Bertz CT molecular complexity index is 606. The average Bonchev–Trinajstić information content (AvgIpc) is 2.89. The first-order valence-corrected chi connectivity index (χ1v) is 10.4. The van der Waals surface area contributed by atoms with Gasteiger partial charge >= 0.3 is 13.1 Å². The summed E-state index contributed by atoms with van der Waals surface area (Å²) in [6.45, 7) is -0.354. The van der Waals surface area contributed by atoms with Crippen LogP contribution in [0.2, 0.25) is 6.32 Å². The third-order valence-corrected chi connectivity index (χ3v) is 7.02. The van der Waals surface area contributed by atoms with Crippen molar-refractivity contribution in [2.75, 3.05) is 13.1 Å². The smallest absolute Gasteiger partial charge is 0.451 e. The summed E-state index contributed by atoms with van der Waals surface area (Å²) >= 11 is 0. The fourth-order valence-corrected chi connectivity index (χ4v) is 5.37. The molecule has 4 atom stereocenters. The van der Waals surface area contributed by atoms with E-state index in [1.54, 1.807) is 0 Å². The first-order chi connectivity index (χ1) is 12.1. The Morgan fingerprint density at radius 2 is 1.96 bits per heavy atom. The molecule has 10 nitrogen and oxygen atoms in total. The summed E-state index contributed by atoms with van der Waals surface area (Å²) < 4.78 is 29.1. The zero-order valence-electron chi connectivity index (χ0n) is 14.7. The van der Waals surface area contributed by atoms with Gasteiger partial charge in [-0.05, 0) is 25.6 Å². The van der Waals surface area contributed by atoms with Gasteiger partial charge in [-0.15, -0.1) is 0 Å². The molecule has 150 valence electrons. The summed E-state index contributed by atoms with van der Waals surface area (Å²) in [5.74, 6) is -1.88. The lowest BCUT2D eigenvalue weighted by Crippen LogP contribution is -2.56. The van der Waals surface area contributed by atoms with Crippen LogP contribution >= 0.6 is 0 Å². The standard InChI is InChI=1S/C14H29BN4O6S/c16-11-5-1-2-6-12(11)18-26(24,25)19-8-10(4-3-7-15(22)23)14(17,9-19)13(20)21/h10-12,18,22-23H,1-9,16-17H2,(H,20,21)/t10-,11-,12-,14-/m0/s1. The molecule has 12 heteroatoms. The largest absolute Gasteiger partial charge is 0.480 e. The maximum atomic E-state index is 12.7. The Balaban J connectivity index is 2.07. The molecule has 0 aromatic heterocycles. The number of hydrogen-bond acceptors (Lipinski definition) is 7. The quantitative estimate of drug-likeness (QED) is 0.258. The zero-order chi connectivity index (χ0) is 19.5. The molecule has 0 amide bonds. The molecule has 8 N–H and O–H groups in total. The molecule has 0 bridgehead atoms. The maximum Gasteiger partial charge on any atom is 0.451 e. The molecule has 0 aromatic carbocycles. The van der Waals surface area contributed by atoms with Crippen LogP contribution in [-0.4, -0.2) is 71.7 Å². The number of carbonyl (C=O) groups is 1. The van der Waals surface area contributed by atoms with Gasteiger partial charge in [-0.3, -0.25) is 4.79 Å². The second-order valence-electron chi connectivity index (χ2n) is 7.42. The van der Waals surface area contributed by atoms with Crippen molar-refractivity contribution in [1.82, 2.24) is 9.03 Å². The maximum absolute atomic E-state index is 12.7. The van der Waals surface area contributed by atoms with Crippen LogP contribution in [0.3, 0.4) is 0 Å². The molecule has 1 aliphatic carbocycles. The average molecular weight is 392 g/mol. The van der Waals surface area contributed by atoms with Crippen molar-refractivity contribution in [3.8, 4) is 0 Å². The number of hydrogen-bond donors (Lipinski definition) is 6. The number of rotatable bonds is 8. The van der Waals surface area contributed by atoms with E-state index in [1.807, 2.05) is 0 Å². The van der Waals surface area contributed by atoms with Gasteiger partial charge in [0.1, 0.15) is 5.54 Å². The fourth-order valence-electron chi connectivity index (χ4n) is 3.79. The van der Waals surface area contributed by atoms with E-state index >= 15 is 0 Å². The van der Waals surface area contributed by atoms with E-state index in [9.17, 15) is 18.3 Å². The van der Waals surface area contributed by atoms with Crippen LogP contribution in [0.25, 0.3) is 0 Å². The van der Waals surface area contributed by atoms with Gasteiger partial charge in [-0.1, -0.05) is 19.3 Å². The van der Waals surface area contributed by atoms with Crippen LogP contribution in [0.5, 0.6) is 0 Å². The summed E-state index contributed by atoms with van der Waals surface area (Å²) in [4.78, 5) is 11.7. The summed E-state index contributed by atoms with van der Waals surface area (Å²) in [6, 6.07) is -0.626. The monoisotopic (exact) mass is 392 g/mol. The van der Waals surface area contributed by atoms with Crippen LogP contribution in [-0.2, 0) is 15.0 Å². The third kappa shape index (κ3) is 4.94. The van der Waals surface area contributed by atoms with Crippen LogP contribution in [0.4, 0.5) is 0 Å². The molecular weight excluding hydrogens is 363 g/mol. The second kappa shape index (κ2) is 8.51. The Hall–Kier alpha value is -0.755. The molecule has 1 saturated heterocycles. The van der Waals surface area contributed by atoms with E-state index in [2.05, 4.69) is 4.72 Å². The van der Waals surface area contributed by atoms with E-state index in [0.29, 0.717) is 12.8 Å². The minimum Gasteiger partial charge on any atom is -0.480 e. The van der Waals surface area contributed by atoms with E-state index in [4.69, 9.17) is 21.5 Å². The number of nitrogens with zero attached hydrogens (tertiary/aromatic N) is 1. The molecule has 0 radical (unpaired) electrons. The second-order valence-corrected chi connectivity index (χ2v) is 9.13. The molecule has 2 rings (SSSR count). The molecule has 1 saturated carbocycles. The van der Waals surface area contributed by atoms with Crippen LogP contribution in [0.1, 0.15) is 38.5 Å². The number of carboxylic acids is 1. The lowest BCUT2D eigenvalue weighted by atomic mass is 9.78. The molecule has 0 unspecified atom stereocenters. The minimum atomic E-state index is -3.91. The number of nitrogens with two attached hydrogens (primary N) is 2. The predicted molar refractivity (Wildman–Crippen MR) is 96.1 cm³/mol. The Morgan fingerprint density at radius 3 is 2.54 bits per heavy atom. The summed E-state index contributed by atoms with van der Waals surface area (Å²) in [5.41, 5.74) is 10.3. The summed E-state index contributed by atoms with van der Waals surface area (Å²) in [5, 5.41) is 27.4. The van der Waals surface area contributed by atoms with Gasteiger partial charge in [0.05, 0.1) is 0 Å². The van der Waals surface area contributed by atoms with E-state index in [-0.39, 0.29) is 37.9 Å². The number of carboxylic acid groups (broad SMARTS) is 1. The first-order valence-electron chi connectivity index (χ1n) is 8.97. The molecule has 1 aliphatic heterocycles. The zero-order valence-corrected chi connectivity index (χ0v) is 15.6. The highest BCUT2D eigenvalue weighted by molar-refractivity contribution is 7.87. The Labute approximate surface area is 154 Å². The van der Waals surface area contributed by atoms with Crippen LogP contribution < -0.4 is 16.2 Å². The Kier molecular flexibility index (Phi) is 7.05. The molecule has 2 fully saturated rings. The molecule has 2 aliphatic rings. The van der Waals surface area contributed by atoms with Gasteiger partial charge in [0.15, 0.2) is 0 Å². The van der Waals surface area contributed by atoms with Crippen molar-refractivity contribution >= 4 is 23.3 Å². The normalized spacial score (nSPS) is 33.3. The molecule has 26 heavy (non-hydrogen) atoms. The van der Waals surface area contributed by atoms with Crippen molar-refractivity contribution in [1.29, 1.82) is 0 Å². The predicted octanol–water partition coefficient (Wildman–Crippen LogP) is -1.94. The van der Waals surface area contributed by atoms with Crippen molar-refractivity contribution in [2.24, 2.45) is 17.4 Å². The highest BCUT2D eigenvalue weighted by Crippen LogP contribution is 2.32. The van der Waals surface area contributed by atoms with Gasteiger partial charge in [-0.2, -0.15) is 17.4 Å². The van der Waals surface area contributed by atoms with Gasteiger partial charge in [0.25, 0.3) is 10.2 Å². The third-order valence-electron chi connectivity index (χ3n) is 5.46. The lowest BCUT2D eigenvalue weighted by molar-refractivity contribution is -0.144. The highest BCUT2D eigenvalue weighted by Gasteiger charge is 2.52. The number of nitrogens with one attached hydrogen (secondary N) is 1. The van der Waals surface area contributed by atoms with Crippen molar-refractivity contribution in [3.05, 3.63) is 0 Å². The van der Waals surface area contributed by atoms with Crippen LogP contribution in [0, 0.1) is 5.92 Å². The summed E-state index contributed by atoms with van der Waals surface area (Å²) in [7, 11) is -5.39. The Morgan fingerprint density at radius 1 is 1.31 bits per heavy atom. The topological polar surface area (TPSA) is 179 Å². The highest BCUT2D eigenvalue weighted by atomic mass is 32.2. The SMILES string of the molecule is N[C@H]1CCCC[C@@H]1NS(=O)(=O)N1C[C@H](CCCB(O)O)[C@](N)(C(=O)O)C1. The van der Waals surface area contributed by atoms with Gasteiger partial charge in [0.2, 0.25) is 0 Å². The lowest BCUT2D eigenvalue weighted by Gasteiger charge is -2.30. The molecule has 1 heterocycles. The summed E-state index contributed by atoms with van der Waals surface area (Å²) in [6.07, 6.45) is 3.96. The van der Waals surface area contributed by atoms with E-state index in [1.165, 1.54) is 0 Å². The van der Waals surface area contributed by atoms with E-state index in [0.717, 1.165) is 23.6 Å². The first kappa shape index (κ1) is 21.5. The van der Waals surface area contributed by atoms with Gasteiger partial charge in [0, 0.05) is 31.1 Å². The number of aliphatic carboxylic acids is 1. The molecule has 0 spiro atoms. The molecule has 0 aromatic rings. The van der Waals surface area contributed by atoms with Crippen molar-refractivity contribution in [2.45, 2.75) is 62.5 Å². The molecular formula is C14H29BN4O6S.